The van der Waals surface area contributed by atoms with E-state index in [2.05, 4.69) is 10.3 Å². The molecular weight excluding hydrogens is 457 g/mol. The first-order chi connectivity index (χ1) is 14.9. The molecule has 6 nitrogen and oxygen atoms in total. The van der Waals surface area contributed by atoms with Crippen molar-refractivity contribution in [1.82, 2.24) is 4.98 Å². The van der Waals surface area contributed by atoms with E-state index >= 15 is 0 Å². The van der Waals surface area contributed by atoms with Crippen molar-refractivity contribution in [3.63, 3.8) is 0 Å². The number of rotatable bonds is 5. The zero-order valence-corrected chi connectivity index (χ0v) is 18.0. The van der Waals surface area contributed by atoms with Crippen LogP contribution in [0.1, 0.15) is 10.4 Å². The topological polar surface area (TPSA) is 85.1 Å². The first-order valence-corrected chi connectivity index (χ1v) is 10.6. The second kappa shape index (κ2) is 8.85. The zero-order chi connectivity index (χ0) is 22.0. The summed E-state index contributed by atoms with van der Waals surface area (Å²) in [7, 11) is 0. The molecule has 154 valence electrons. The van der Waals surface area contributed by atoms with E-state index in [-0.39, 0.29) is 16.3 Å². The monoisotopic (exact) mass is 469 g/mol. The fourth-order valence-electron chi connectivity index (χ4n) is 2.97. The summed E-state index contributed by atoms with van der Waals surface area (Å²) in [5, 5.41) is 17.5. The second-order valence-electron chi connectivity index (χ2n) is 6.47. The smallest absolute Gasteiger partial charge is 0.283 e. The molecular formula is C22H13Cl2N3O3S. The van der Waals surface area contributed by atoms with Gasteiger partial charge in [-0.1, -0.05) is 53.5 Å². The quantitative estimate of drug-likeness (QED) is 0.253. The predicted octanol–water partition coefficient (Wildman–Crippen LogP) is 6.94. The number of nitro groups is 1. The molecule has 0 aliphatic rings. The highest BCUT2D eigenvalue weighted by atomic mass is 35.5. The van der Waals surface area contributed by atoms with Gasteiger partial charge in [-0.15, -0.1) is 11.3 Å². The molecule has 9 heteroatoms. The Kier molecular flexibility index (Phi) is 5.99. The number of benzene rings is 3. The SMILES string of the molecule is O=C(Nc1cccc(-c2csc(-c3ccccc3Cl)n2)c1)c1ccc(Cl)cc1[N+](=O)[O-]. The molecule has 4 aromatic rings. The molecule has 0 atom stereocenters. The van der Waals surface area contributed by atoms with Gasteiger partial charge in [0.05, 0.1) is 15.6 Å². The maximum absolute atomic E-state index is 12.6. The molecule has 4 rings (SSSR count). The summed E-state index contributed by atoms with van der Waals surface area (Å²) in [6.07, 6.45) is 0. The van der Waals surface area contributed by atoms with Crippen molar-refractivity contribution in [3.05, 3.63) is 97.8 Å². The van der Waals surface area contributed by atoms with Crippen LogP contribution in [0, 0.1) is 10.1 Å². The Labute approximate surface area is 191 Å². The summed E-state index contributed by atoms with van der Waals surface area (Å²) in [5.41, 5.74) is 2.42. The number of carbonyl (C=O) groups excluding carboxylic acids is 1. The van der Waals surface area contributed by atoms with Gasteiger partial charge in [0.1, 0.15) is 10.6 Å². The maximum atomic E-state index is 12.6. The van der Waals surface area contributed by atoms with E-state index in [9.17, 15) is 14.9 Å². The van der Waals surface area contributed by atoms with Gasteiger partial charge in [-0.3, -0.25) is 14.9 Å². The molecule has 0 spiro atoms. The van der Waals surface area contributed by atoms with Crippen LogP contribution in [0.25, 0.3) is 21.8 Å². The minimum Gasteiger partial charge on any atom is -0.322 e. The van der Waals surface area contributed by atoms with E-state index in [1.165, 1.54) is 23.5 Å². The minimum absolute atomic E-state index is 0.0746. The number of aromatic nitrogens is 1. The van der Waals surface area contributed by atoms with Gasteiger partial charge in [0.15, 0.2) is 0 Å². The molecule has 0 aliphatic carbocycles. The van der Waals surface area contributed by atoms with Crippen LogP contribution < -0.4 is 5.32 Å². The Morgan fingerprint density at radius 2 is 1.84 bits per heavy atom. The molecule has 0 aliphatic heterocycles. The number of hydrogen-bond donors (Lipinski definition) is 1. The van der Waals surface area contributed by atoms with E-state index in [0.717, 1.165) is 27.9 Å². The van der Waals surface area contributed by atoms with Crippen LogP contribution in [-0.4, -0.2) is 15.8 Å². The zero-order valence-electron chi connectivity index (χ0n) is 15.7. The lowest BCUT2D eigenvalue weighted by atomic mass is 10.1. The van der Waals surface area contributed by atoms with Crippen LogP contribution in [0.2, 0.25) is 10.0 Å². The number of nitro benzene ring substituents is 1. The van der Waals surface area contributed by atoms with Crippen molar-refractivity contribution >= 4 is 51.8 Å². The normalized spacial score (nSPS) is 10.6. The summed E-state index contributed by atoms with van der Waals surface area (Å²) in [6.45, 7) is 0. The van der Waals surface area contributed by atoms with Gasteiger partial charge >= 0.3 is 0 Å². The van der Waals surface area contributed by atoms with E-state index in [1.807, 2.05) is 35.7 Å². The van der Waals surface area contributed by atoms with Crippen LogP contribution in [-0.2, 0) is 0 Å². The molecule has 0 bridgehead atoms. The molecule has 0 saturated heterocycles. The standard InChI is InChI=1S/C22H13Cl2N3O3S/c23-14-8-9-17(20(11-14)27(29)30)21(28)25-15-5-3-4-13(10-15)19-12-31-22(26-19)16-6-1-2-7-18(16)24/h1-12H,(H,25,28). The summed E-state index contributed by atoms with van der Waals surface area (Å²) in [4.78, 5) is 27.9. The van der Waals surface area contributed by atoms with Crippen molar-refractivity contribution in [3.8, 4) is 21.8 Å². The number of hydrogen-bond acceptors (Lipinski definition) is 5. The maximum Gasteiger partial charge on any atom is 0.283 e. The van der Waals surface area contributed by atoms with Crippen LogP contribution in [0.3, 0.4) is 0 Å². The van der Waals surface area contributed by atoms with Crippen molar-refractivity contribution in [2.24, 2.45) is 0 Å². The van der Waals surface area contributed by atoms with Gasteiger partial charge in [-0.05, 0) is 30.3 Å². The van der Waals surface area contributed by atoms with Crippen LogP contribution in [0.15, 0.2) is 72.1 Å². The average molecular weight is 470 g/mol. The van der Waals surface area contributed by atoms with Crippen LogP contribution >= 0.6 is 34.5 Å². The number of anilines is 1. The third-order valence-electron chi connectivity index (χ3n) is 4.43. The van der Waals surface area contributed by atoms with Gasteiger partial charge in [0, 0.05) is 33.3 Å². The number of amides is 1. The lowest BCUT2D eigenvalue weighted by Crippen LogP contribution is -2.14. The summed E-state index contributed by atoms with van der Waals surface area (Å²) < 4.78 is 0. The fourth-order valence-corrected chi connectivity index (χ4v) is 4.28. The highest BCUT2D eigenvalue weighted by Gasteiger charge is 2.21. The van der Waals surface area contributed by atoms with Crippen LogP contribution in [0.4, 0.5) is 11.4 Å². The van der Waals surface area contributed by atoms with Gasteiger partial charge in [-0.2, -0.15) is 0 Å². The molecule has 1 aromatic heterocycles. The third kappa shape index (κ3) is 4.59. The molecule has 1 amide bonds. The number of nitrogens with zero attached hydrogens (tertiary/aromatic N) is 2. The van der Waals surface area contributed by atoms with Crippen LogP contribution in [0.5, 0.6) is 0 Å². The Morgan fingerprint density at radius 3 is 2.61 bits per heavy atom. The summed E-state index contributed by atoms with van der Waals surface area (Å²) in [6, 6.07) is 18.5. The first-order valence-electron chi connectivity index (χ1n) is 8.98. The Balaban J connectivity index is 1.60. The fraction of sp³-hybridized carbons (Fsp3) is 0. The van der Waals surface area contributed by atoms with E-state index in [0.29, 0.717) is 10.7 Å². The number of nitrogens with one attached hydrogen (secondary N) is 1. The van der Waals surface area contributed by atoms with E-state index < -0.39 is 10.8 Å². The van der Waals surface area contributed by atoms with E-state index in [1.54, 1.807) is 18.2 Å². The second-order valence-corrected chi connectivity index (χ2v) is 8.17. The van der Waals surface area contributed by atoms with Crippen molar-refractivity contribution in [1.29, 1.82) is 0 Å². The van der Waals surface area contributed by atoms with Crippen molar-refractivity contribution < 1.29 is 9.72 Å². The van der Waals surface area contributed by atoms with Crippen molar-refractivity contribution in [2.75, 3.05) is 5.32 Å². The highest BCUT2D eigenvalue weighted by molar-refractivity contribution is 7.13. The summed E-state index contributed by atoms with van der Waals surface area (Å²) in [5.74, 6) is -0.601. The molecule has 1 heterocycles. The molecule has 0 radical (unpaired) electrons. The lowest BCUT2D eigenvalue weighted by molar-refractivity contribution is -0.385. The molecule has 3 aromatic carbocycles. The Bertz CT molecular complexity index is 1310. The molecule has 0 saturated carbocycles. The molecule has 1 N–H and O–H groups in total. The minimum atomic E-state index is -0.636. The Morgan fingerprint density at radius 1 is 1.03 bits per heavy atom. The predicted molar refractivity (Wildman–Crippen MR) is 124 cm³/mol. The molecule has 0 fully saturated rings. The Hall–Kier alpha value is -3.26. The molecule has 31 heavy (non-hydrogen) atoms. The van der Waals surface area contributed by atoms with Gasteiger partial charge in [0.2, 0.25) is 0 Å². The van der Waals surface area contributed by atoms with Crippen molar-refractivity contribution in [2.45, 2.75) is 0 Å². The number of carbonyl (C=O) groups is 1. The largest absolute Gasteiger partial charge is 0.322 e. The highest BCUT2D eigenvalue weighted by Crippen LogP contribution is 2.33. The average Bonchev–Trinajstić information content (AvgIpc) is 3.24. The van der Waals surface area contributed by atoms with E-state index in [4.69, 9.17) is 23.2 Å². The van der Waals surface area contributed by atoms with Gasteiger partial charge < -0.3 is 5.32 Å². The lowest BCUT2D eigenvalue weighted by Gasteiger charge is -2.07. The van der Waals surface area contributed by atoms with Gasteiger partial charge in [0.25, 0.3) is 11.6 Å². The van der Waals surface area contributed by atoms with Gasteiger partial charge in [-0.25, -0.2) is 4.98 Å². The first kappa shape index (κ1) is 21.0. The summed E-state index contributed by atoms with van der Waals surface area (Å²) >= 11 is 13.5. The number of thiazole rings is 1. The molecule has 0 unspecified atom stereocenters. The third-order valence-corrected chi connectivity index (χ3v) is 5.87. The number of halogens is 2.